The maximum atomic E-state index is 12.6. The molecule has 0 N–H and O–H groups in total. The smallest absolute Gasteiger partial charge is 0.260 e. The third kappa shape index (κ3) is 5.30. The molecule has 1 aromatic heterocycles. The summed E-state index contributed by atoms with van der Waals surface area (Å²) in [5.41, 5.74) is 1.85. The molecule has 0 bridgehead atoms. The van der Waals surface area contributed by atoms with Gasteiger partial charge in [-0.05, 0) is 35.0 Å². The Kier molecular flexibility index (Phi) is 6.95. The van der Waals surface area contributed by atoms with Crippen molar-refractivity contribution in [2.45, 2.75) is 0 Å². The van der Waals surface area contributed by atoms with E-state index in [1.54, 1.807) is 4.90 Å². The van der Waals surface area contributed by atoms with Crippen LogP contribution in [-0.4, -0.2) is 53.8 Å². The molecule has 1 aliphatic rings. The van der Waals surface area contributed by atoms with Crippen molar-refractivity contribution in [3.63, 3.8) is 0 Å². The van der Waals surface area contributed by atoms with Gasteiger partial charge in [0.15, 0.2) is 12.4 Å². The number of carbonyl (C=O) groups is 1. The Morgan fingerprint density at radius 2 is 1.54 bits per heavy atom. The van der Waals surface area contributed by atoms with Gasteiger partial charge in [0.05, 0.1) is 20.8 Å². The molecule has 1 aliphatic heterocycles. The Labute approximate surface area is 218 Å². The van der Waals surface area contributed by atoms with E-state index in [-0.39, 0.29) is 12.5 Å². The molecule has 0 saturated carbocycles. The second-order valence-electron chi connectivity index (χ2n) is 8.19. The molecular formula is C26H21Cl3N4O2. The summed E-state index contributed by atoms with van der Waals surface area (Å²) in [4.78, 5) is 16.5. The van der Waals surface area contributed by atoms with Gasteiger partial charge in [0, 0.05) is 37.8 Å². The quantitative estimate of drug-likeness (QED) is 0.299. The molecule has 0 radical (unpaired) electrons. The number of fused-ring (bicyclic) bond motifs is 1. The summed E-state index contributed by atoms with van der Waals surface area (Å²) >= 11 is 18.1. The summed E-state index contributed by atoms with van der Waals surface area (Å²) in [6, 6.07) is 21.5. The zero-order chi connectivity index (χ0) is 24.4. The molecular weight excluding hydrogens is 507 g/mol. The van der Waals surface area contributed by atoms with E-state index >= 15 is 0 Å². The van der Waals surface area contributed by atoms with Gasteiger partial charge >= 0.3 is 0 Å². The number of rotatable bonds is 5. The van der Waals surface area contributed by atoms with Crippen LogP contribution in [0.3, 0.4) is 0 Å². The monoisotopic (exact) mass is 526 g/mol. The molecule has 178 valence electrons. The van der Waals surface area contributed by atoms with Crippen LogP contribution < -0.4 is 9.64 Å². The Morgan fingerprint density at radius 1 is 0.800 bits per heavy atom. The van der Waals surface area contributed by atoms with Crippen molar-refractivity contribution in [2.75, 3.05) is 37.7 Å². The van der Waals surface area contributed by atoms with Gasteiger partial charge in [-0.25, -0.2) is 0 Å². The summed E-state index contributed by atoms with van der Waals surface area (Å²) in [7, 11) is 0. The van der Waals surface area contributed by atoms with E-state index in [0.717, 1.165) is 17.1 Å². The van der Waals surface area contributed by atoms with Crippen LogP contribution >= 0.6 is 34.8 Å². The number of halogens is 3. The average Bonchev–Trinajstić information content (AvgIpc) is 2.90. The molecule has 35 heavy (non-hydrogen) atoms. The maximum absolute atomic E-state index is 12.6. The van der Waals surface area contributed by atoms with Crippen LogP contribution in [0.15, 0.2) is 66.7 Å². The highest BCUT2D eigenvalue weighted by Gasteiger charge is 2.23. The van der Waals surface area contributed by atoms with E-state index < -0.39 is 0 Å². The van der Waals surface area contributed by atoms with E-state index in [0.29, 0.717) is 47.0 Å². The second-order valence-corrected chi connectivity index (χ2v) is 9.41. The number of hydrogen-bond donors (Lipinski definition) is 0. The number of carbonyl (C=O) groups excluding carboxylic acids is 1. The molecule has 0 aliphatic carbocycles. The fourth-order valence-corrected chi connectivity index (χ4v) is 4.62. The predicted molar refractivity (Wildman–Crippen MR) is 141 cm³/mol. The van der Waals surface area contributed by atoms with Gasteiger partial charge in [0.1, 0.15) is 5.75 Å². The van der Waals surface area contributed by atoms with Gasteiger partial charge in [-0.15, -0.1) is 10.2 Å². The Morgan fingerprint density at radius 3 is 2.29 bits per heavy atom. The van der Waals surface area contributed by atoms with Crippen molar-refractivity contribution >= 4 is 57.3 Å². The summed E-state index contributed by atoms with van der Waals surface area (Å²) in [5.74, 6) is 1.000. The van der Waals surface area contributed by atoms with Crippen LogP contribution in [0.2, 0.25) is 15.1 Å². The van der Waals surface area contributed by atoms with Crippen molar-refractivity contribution in [2.24, 2.45) is 0 Å². The predicted octanol–water partition coefficient (Wildman–Crippen LogP) is 5.98. The van der Waals surface area contributed by atoms with Crippen molar-refractivity contribution in [3.8, 4) is 17.0 Å². The zero-order valence-electron chi connectivity index (χ0n) is 18.6. The molecule has 9 heteroatoms. The van der Waals surface area contributed by atoms with Crippen molar-refractivity contribution < 1.29 is 9.53 Å². The van der Waals surface area contributed by atoms with Gasteiger partial charge < -0.3 is 14.5 Å². The second kappa shape index (κ2) is 10.3. The Balaban J connectivity index is 1.17. The molecule has 0 atom stereocenters. The molecule has 6 nitrogen and oxygen atoms in total. The number of nitrogens with zero attached hydrogens (tertiary/aromatic N) is 4. The molecule has 1 saturated heterocycles. The lowest BCUT2D eigenvalue weighted by molar-refractivity contribution is -0.133. The highest BCUT2D eigenvalue weighted by molar-refractivity contribution is 6.43. The van der Waals surface area contributed by atoms with E-state index in [9.17, 15) is 4.79 Å². The third-order valence-corrected chi connectivity index (χ3v) is 7.00. The third-order valence-electron chi connectivity index (χ3n) is 5.98. The minimum atomic E-state index is -0.127. The molecule has 4 aromatic rings. The summed E-state index contributed by atoms with van der Waals surface area (Å²) in [6.07, 6.45) is 0. The van der Waals surface area contributed by atoms with Crippen LogP contribution in [0.1, 0.15) is 0 Å². The van der Waals surface area contributed by atoms with Crippen LogP contribution in [0.5, 0.6) is 5.75 Å². The van der Waals surface area contributed by atoms with E-state index in [2.05, 4.69) is 45.4 Å². The van der Waals surface area contributed by atoms with E-state index in [1.807, 2.05) is 24.3 Å². The molecule has 2 heterocycles. The molecule has 1 fully saturated rings. The highest BCUT2D eigenvalue weighted by atomic mass is 35.5. The fraction of sp³-hybridized carbons (Fsp3) is 0.192. The zero-order valence-corrected chi connectivity index (χ0v) is 20.9. The minimum Gasteiger partial charge on any atom is -0.482 e. The first-order valence-electron chi connectivity index (χ1n) is 11.1. The number of aromatic nitrogens is 2. The fourth-order valence-electron chi connectivity index (χ4n) is 4.03. The number of anilines is 1. The van der Waals surface area contributed by atoms with Crippen molar-refractivity contribution in [3.05, 3.63) is 81.8 Å². The van der Waals surface area contributed by atoms with Gasteiger partial charge in [-0.1, -0.05) is 71.2 Å². The van der Waals surface area contributed by atoms with Gasteiger partial charge in [-0.3, -0.25) is 4.79 Å². The number of ether oxygens (including phenoxy) is 1. The summed E-state index contributed by atoms with van der Waals surface area (Å²) < 4.78 is 5.58. The van der Waals surface area contributed by atoms with Crippen molar-refractivity contribution in [1.29, 1.82) is 0 Å². The van der Waals surface area contributed by atoms with Crippen LogP contribution in [0.4, 0.5) is 5.82 Å². The van der Waals surface area contributed by atoms with Crippen molar-refractivity contribution in [1.82, 2.24) is 15.1 Å². The normalized spacial score (nSPS) is 13.8. The molecule has 5 rings (SSSR count). The molecule has 0 unspecified atom stereocenters. The average molecular weight is 528 g/mol. The number of piperazine rings is 1. The first-order chi connectivity index (χ1) is 17.0. The minimum absolute atomic E-state index is 0.121. The molecule has 0 spiro atoms. The molecule has 1 amide bonds. The SMILES string of the molecule is O=C(COc1cc(Cl)c(Cl)cc1Cl)N1CCN(c2ccc(-c3ccc4ccccc4c3)nn2)CC1. The van der Waals surface area contributed by atoms with Crippen LogP contribution in [0, 0.1) is 0 Å². The highest BCUT2D eigenvalue weighted by Crippen LogP contribution is 2.34. The largest absolute Gasteiger partial charge is 0.482 e. The summed E-state index contributed by atoms with van der Waals surface area (Å²) in [5, 5.41) is 12.2. The van der Waals surface area contributed by atoms with Crippen LogP contribution in [0.25, 0.3) is 22.0 Å². The number of benzene rings is 3. The van der Waals surface area contributed by atoms with E-state index in [1.165, 1.54) is 22.9 Å². The lowest BCUT2D eigenvalue weighted by Gasteiger charge is -2.35. The Bertz CT molecular complexity index is 1370. The van der Waals surface area contributed by atoms with Gasteiger partial charge in [0.25, 0.3) is 5.91 Å². The first-order valence-corrected chi connectivity index (χ1v) is 12.2. The summed E-state index contributed by atoms with van der Waals surface area (Å²) in [6.45, 7) is 2.31. The standard InChI is InChI=1S/C26H21Cl3N4O2/c27-20-14-22(29)24(15-21(20)28)35-16-26(34)33-11-9-32(10-12-33)25-8-7-23(30-31-25)19-6-5-17-3-1-2-4-18(17)13-19/h1-8,13-15H,9-12,16H2. The van der Waals surface area contributed by atoms with Gasteiger partial charge in [-0.2, -0.15) is 0 Å². The number of amides is 1. The number of hydrogen-bond acceptors (Lipinski definition) is 5. The van der Waals surface area contributed by atoms with Gasteiger partial charge in [0.2, 0.25) is 0 Å². The first kappa shape index (κ1) is 23.7. The Hall–Kier alpha value is -3.06. The lowest BCUT2D eigenvalue weighted by Crippen LogP contribution is -2.50. The maximum Gasteiger partial charge on any atom is 0.260 e. The molecule has 3 aromatic carbocycles. The van der Waals surface area contributed by atoms with E-state index in [4.69, 9.17) is 39.5 Å². The topological polar surface area (TPSA) is 58.6 Å². The van der Waals surface area contributed by atoms with Crippen LogP contribution in [-0.2, 0) is 4.79 Å². The lowest BCUT2D eigenvalue weighted by atomic mass is 10.1.